The Labute approximate surface area is 183 Å². The summed E-state index contributed by atoms with van der Waals surface area (Å²) in [4.78, 5) is 26.3. The molecule has 4 rings (SSSR count). The number of carbonyl (C=O) groups is 1. The quantitative estimate of drug-likeness (QED) is 0.455. The second-order valence-corrected chi connectivity index (χ2v) is 7.10. The van der Waals surface area contributed by atoms with Gasteiger partial charge in [0.25, 0.3) is 5.91 Å². The Hall–Kier alpha value is -3.77. The van der Waals surface area contributed by atoms with Crippen molar-refractivity contribution in [3.8, 4) is 22.6 Å². The largest absolute Gasteiger partial charge is 0.493 e. The van der Waals surface area contributed by atoms with E-state index < -0.39 is 5.91 Å². The minimum absolute atomic E-state index is 0.0331. The summed E-state index contributed by atoms with van der Waals surface area (Å²) in [5.74, 6) is 0.467. The van der Waals surface area contributed by atoms with Crippen LogP contribution in [0.2, 0.25) is 5.02 Å². The highest BCUT2D eigenvalue weighted by Crippen LogP contribution is 2.32. The van der Waals surface area contributed by atoms with Crippen molar-refractivity contribution in [3.63, 3.8) is 0 Å². The summed E-state index contributed by atoms with van der Waals surface area (Å²) in [6.07, 6.45) is 0. The Morgan fingerprint density at radius 2 is 1.71 bits per heavy atom. The molecule has 0 spiro atoms. The number of ether oxygens (including phenoxy) is 2. The van der Waals surface area contributed by atoms with Crippen molar-refractivity contribution in [2.45, 2.75) is 0 Å². The number of amides is 1. The first-order valence-electron chi connectivity index (χ1n) is 9.37. The summed E-state index contributed by atoms with van der Waals surface area (Å²) in [7, 11) is 3.00. The van der Waals surface area contributed by atoms with Crippen LogP contribution in [-0.2, 0) is 0 Å². The van der Waals surface area contributed by atoms with Gasteiger partial charge in [0.15, 0.2) is 11.5 Å². The maximum Gasteiger partial charge on any atom is 0.258 e. The van der Waals surface area contributed by atoms with Gasteiger partial charge >= 0.3 is 0 Å². The van der Waals surface area contributed by atoms with Crippen molar-refractivity contribution in [1.29, 1.82) is 0 Å². The van der Waals surface area contributed by atoms with Crippen LogP contribution in [0, 0.1) is 0 Å². The number of nitrogens with one attached hydrogen (secondary N) is 1. The second-order valence-electron chi connectivity index (χ2n) is 6.67. The van der Waals surface area contributed by atoms with Gasteiger partial charge in [-0.2, -0.15) is 0 Å². The first-order valence-corrected chi connectivity index (χ1v) is 9.74. The molecular weight excluding hydrogens is 418 g/mol. The molecule has 0 saturated heterocycles. The number of hydrogen-bond acceptors (Lipinski definition) is 5. The highest BCUT2D eigenvalue weighted by Gasteiger charge is 2.20. The smallest absolute Gasteiger partial charge is 0.258 e. The molecule has 156 valence electrons. The lowest BCUT2D eigenvalue weighted by molar-refractivity contribution is 0.102. The maximum atomic E-state index is 13.3. The normalized spacial score (nSPS) is 10.7. The van der Waals surface area contributed by atoms with E-state index in [1.165, 1.54) is 14.2 Å². The Morgan fingerprint density at radius 3 is 2.45 bits per heavy atom. The number of carbonyl (C=O) groups excluding carboxylic acids is 1. The maximum absolute atomic E-state index is 13.3. The molecule has 31 heavy (non-hydrogen) atoms. The lowest BCUT2D eigenvalue weighted by Crippen LogP contribution is -2.16. The number of halogens is 1. The molecule has 3 aromatic carbocycles. The molecule has 1 heterocycles. The van der Waals surface area contributed by atoms with Crippen LogP contribution in [0.25, 0.3) is 22.1 Å². The molecule has 0 atom stereocenters. The third kappa shape index (κ3) is 3.98. The fraction of sp³-hybridized carbons (Fsp3) is 0.0833. The zero-order chi connectivity index (χ0) is 22.0. The van der Waals surface area contributed by atoms with Gasteiger partial charge in [-0.3, -0.25) is 14.9 Å². The summed E-state index contributed by atoms with van der Waals surface area (Å²) in [6.45, 7) is 0. The van der Waals surface area contributed by atoms with Gasteiger partial charge in [-0.1, -0.05) is 35.9 Å². The predicted octanol–water partition coefficient (Wildman–Crippen LogP) is 5.38. The van der Waals surface area contributed by atoms with E-state index in [0.29, 0.717) is 38.6 Å². The number of anilines is 1. The molecule has 0 saturated carbocycles. The number of benzene rings is 3. The van der Waals surface area contributed by atoms with Gasteiger partial charge in [0.05, 0.1) is 25.2 Å². The Kier molecular flexibility index (Phi) is 5.64. The van der Waals surface area contributed by atoms with E-state index in [1.807, 2.05) is 0 Å². The first kappa shape index (κ1) is 20.5. The second kappa shape index (κ2) is 8.53. The fourth-order valence-corrected chi connectivity index (χ4v) is 3.48. The van der Waals surface area contributed by atoms with Crippen LogP contribution in [0.5, 0.6) is 11.5 Å². The van der Waals surface area contributed by atoms with Crippen LogP contribution >= 0.6 is 11.6 Å². The van der Waals surface area contributed by atoms with E-state index in [0.717, 1.165) is 0 Å². The van der Waals surface area contributed by atoms with Crippen molar-refractivity contribution in [2.24, 2.45) is 0 Å². The summed E-state index contributed by atoms with van der Waals surface area (Å²) in [5.41, 5.74) is 1.16. The van der Waals surface area contributed by atoms with E-state index in [9.17, 15) is 9.59 Å². The molecule has 1 N–H and O–H groups in total. The SMILES string of the molecule is COc1ccc(C(=O)Nc2oc3ccccc3c(=O)c2-c2cccc(Cl)c2)cc1OC. The molecule has 0 bridgehead atoms. The van der Waals surface area contributed by atoms with Crippen LogP contribution in [0.15, 0.2) is 75.9 Å². The van der Waals surface area contributed by atoms with Crippen molar-refractivity contribution < 1.29 is 18.7 Å². The van der Waals surface area contributed by atoms with E-state index in [2.05, 4.69) is 5.32 Å². The summed E-state index contributed by atoms with van der Waals surface area (Å²) >= 11 is 6.14. The van der Waals surface area contributed by atoms with E-state index in [-0.39, 0.29) is 16.9 Å². The van der Waals surface area contributed by atoms with Crippen LogP contribution in [0.3, 0.4) is 0 Å². The van der Waals surface area contributed by atoms with Gasteiger partial charge in [0, 0.05) is 10.6 Å². The predicted molar refractivity (Wildman–Crippen MR) is 120 cm³/mol. The minimum Gasteiger partial charge on any atom is -0.493 e. The van der Waals surface area contributed by atoms with Crippen LogP contribution in [0.1, 0.15) is 10.4 Å². The van der Waals surface area contributed by atoms with Crippen molar-refractivity contribution >= 4 is 34.4 Å². The molecule has 6 nitrogen and oxygen atoms in total. The van der Waals surface area contributed by atoms with E-state index in [4.69, 9.17) is 25.5 Å². The highest BCUT2D eigenvalue weighted by atomic mass is 35.5. The Bertz CT molecular complexity index is 1350. The topological polar surface area (TPSA) is 77.8 Å². The van der Waals surface area contributed by atoms with Crippen molar-refractivity contribution in [1.82, 2.24) is 0 Å². The van der Waals surface area contributed by atoms with E-state index in [1.54, 1.807) is 66.7 Å². The monoisotopic (exact) mass is 435 g/mol. The highest BCUT2D eigenvalue weighted by molar-refractivity contribution is 6.30. The molecule has 1 amide bonds. The molecule has 4 aromatic rings. The van der Waals surface area contributed by atoms with Crippen LogP contribution in [0.4, 0.5) is 5.88 Å². The average Bonchev–Trinajstić information content (AvgIpc) is 2.78. The number of methoxy groups -OCH3 is 2. The zero-order valence-electron chi connectivity index (χ0n) is 16.8. The van der Waals surface area contributed by atoms with Crippen molar-refractivity contribution in [3.05, 3.63) is 87.5 Å². The number of hydrogen-bond donors (Lipinski definition) is 1. The molecule has 1 aromatic heterocycles. The molecular formula is C24H18ClNO5. The Balaban J connectivity index is 1.84. The standard InChI is InChI=1S/C24H18ClNO5/c1-29-19-11-10-15(13-20(19)30-2)23(28)26-24-21(14-6-5-7-16(25)12-14)22(27)17-8-3-4-9-18(17)31-24/h3-13H,1-2H3,(H,26,28). The number of para-hydroxylation sites is 1. The third-order valence-corrected chi connectivity index (χ3v) is 5.02. The molecule has 0 fully saturated rings. The van der Waals surface area contributed by atoms with Gasteiger partial charge in [0.2, 0.25) is 11.3 Å². The average molecular weight is 436 g/mol. The van der Waals surface area contributed by atoms with Crippen LogP contribution < -0.4 is 20.2 Å². The summed E-state index contributed by atoms with van der Waals surface area (Å²) in [5, 5.41) is 3.59. The third-order valence-electron chi connectivity index (χ3n) is 4.78. The van der Waals surface area contributed by atoms with Gasteiger partial charge in [-0.15, -0.1) is 0 Å². The first-order chi connectivity index (χ1) is 15.0. The van der Waals surface area contributed by atoms with Gasteiger partial charge in [0.1, 0.15) is 5.58 Å². The lowest BCUT2D eigenvalue weighted by atomic mass is 10.0. The molecule has 7 heteroatoms. The number of rotatable bonds is 5. The molecule has 0 aliphatic carbocycles. The van der Waals surface area contributed by atoms with Crippen molar-refractivity contribution in [2.75, 3.05) is 19.5 Å². The number of fused-ring (bicyclic) bond motifs is 1. The molecule has 0 radical (unpaired) electrons. The summed E-state index contributed by atoms with van der Waals surface area (Å²) in [6, 6.07) is 18.4. The summed E-state index contributed by atoms with van der Waals surface area (Å²) < 4.78 is 16.4. The minimum atomic E-state index is -0.470. The molecule has 0 aliphatic heterocycles. The van der Waals surface area contributed by atoms with Crippen LogP contribution in [-0.4, -0.2) is 20.1 Å². The molecule has 0 aliphatic rings. The molecule has 0 unspecified atom stereocenters. The van der Waals surface area contributed by atoms with Gasteiger partial charge in [-0.25, -0.2) is 0 Å². The fourth-order valence-electron chi connectivity index (χ4n) is 3.29. The Morgan fingerprint density at radius 1 is 0.935 bits per heavy atom. The lowest BCUT2D eigenvalue weighted by Gasteiger charge is -2.13. The van der Waals surface area contributed by atoms with E-state index >= 15 is 0 Å². The van der Waals surface area contributed by atoms with Gasteiger partial charge < -0.3 is 13.9 Å². The van der Waals surface area contributed by atoms with Gasteiger partial charge in [-0.05, 0) is 48.0 Å². The zero-order valence-corrected chi connectivity index (χ0v) is 17.5.